The molecular weight excluding hydrogens is 282 g/mol. The van der Waals surface area contributed by atoms with E-state index in [-0.39, 0.29) is 5.97 Å². The fraction of sp³-hybridized carbons (Fsp3) is 0.500. The van der Waals surface area contributed by atoms with Crippen LogP contribution >= 0.6 is 0 Å². The van der Waals surface area contributed by atoms with Crippen LogP contribution in [0.2, 0.25) is 0 Å². The number of rotatable bonds is 8. The number of methoxy groups -OCH3 is 1. The number of hydrogen-bond acceptors (Lipinski definition) is 4. The number of hydrogen-bond donors (Lipinski definition) is 2. The number of benzene rings is 1. The van der Waals surface area contributed by atoms with Crippen LogP contribution in [0.5, 0.6) is 0 Å². The van der Waals surface area contributed by atoms with E-state index in [1.165, 1.54) is 7.11 Å². The summed E-state index contributed by atoms with van der Waals surface area (Å²) in [7, 11) is 3.12. The molecule has 0 radical (unpaired) electrons. The highest BCUT2D eigenvalue weighted by molar-refractivity contribution is 5.89. The summed E-state index contributed by atoms with van der Waals surface area (Å²) in [5, 5.41) is 6.41. The molecule has 0 amide bonds. The summed E-state index contributed by atoms with van der Waals surface area (Å²) >= 11 is 0. The lowest BCUT2D eigenvalue weighted by Crippen LogP contribution is -2.39. The number of carbonyl (C=O) groups is 1. The first kappa shape index (κ1) is 18.0. The van der Waals surface area contributed by atoms with Gasteiger partial charge in [-0.2, -0.15) is 0 Å². The SMILES string of the molecule is CCOCCNC(=NC)NCCc1ccc(C(=O)OC)cc1. The van der Waals surface area contributed by atoms with E-state index >= 15 is 0 Å². The summed E-state index contributed by atoms with van der Waals surface area (Å²) < 4.78 is 9.93. The quantitative estimate of drug-likeness (QED) is 0.327. The molecule has 2 N–H and O–H groups in total. The van der Waals surface area contributed by atoms with Gasteiger partial charge in [0.05, 0.1) is 19.3 Å². The second kappa shape index (κ2) is 10.6. The van der Waals surface area contributed by atoms with Crippen LogP contribution in [0.15, 0.2) is 29.3 Å². The highest BCUT2D eigenvalue weighted by Crippen LogP contribution is 2.06. The number of nitrogens with zero attached hydrogens (tertiary/aromatic N) is 1. The van der Waals surface area contributed by atoms with Crippen molar-refractivity contribution in [2.45, 2.75) is 13.3 Å². The zero-order chi connectivity index (χ0) is 16.2. The number of aliphatic imine (C=N–C) groups is 1. The van der Waals surface area contributed by atoms with E-state index in [4.69, 9.17) is 4.74 Å². The third kappa shape index (κ3) is 6.58. The van der Waals surface area contributed by atoms with E-state index in [1.807, 2.05) is 19.1 Å². The van der Waals surface area contributed by atoms with Crippen molar-refractivity contribution in [1.82, 2.24) is 10.6 Å². The molecule has 0 aliphatic rings. The lowest BCUT2D eigenvalue weighted by atomic mass is 10.1. The van der Waals surface area contributed by atoms with Crippen LogP contribution in [0.25, 0.3) is 0 Å². The van der Waals surface area contributed by atoms with E-state index in [0.717, 1.165) is 37.6 Å². The van der Waals surface area contributed by atoms with Crippen LogP contribution in [0, 0.1) is 0 Å². The van der Waals surface area contributed by atoms with Gasteiger partial charge in [0.2, 0.25) is 0 Å². The Morgan fingerprint density at radius 2 is 1.86 bits per heavy atom. The van der Waals surface area contributed by atoms with Crippen LogP contribution in [0.3, 0.4) is 0 Å². The van der Waals surface area contributed by atoms with Gasteiger partial charge >= 0.3 is 5.97 Å². The molecule has 122 valence electrons. The minimum absolute atomic E-state index is 0.316. The van der Waals surface area contributed by atoms with Crippen molar-refractivity contribution >= 4 is 11.9 Å². The van der Waals surface area contributed by atoms with Crippen LogP contribution in [0.1, 0.15) is 22.8 Å². The molecule has 6 nitrogen and oxygen atoms in total. The molecule has 0 fully saturated rings. The van der Waals surface area contributed by atoms with E-state index in [0.29, 0.717) is 12.2 Å². The minimum atomic E-state index is -0.316. The van der Waals surface area contributed by atoms with Gasteiger partial charge < -0.3 is 20.1 Å². The normalized spacial score (nSPS) is 11.1. The number of guanidine groups is 1. The van der Waals surface area contributed by atoms with Crippen LogP contribution in [-0.2, 0) is 15.9 Å². The summed E-state index contributed by atoms with van der Waals surface area (Å²) in [5.41, 5.74) is 1.71. The average Bonchev–Trinajstić information content (AvgIpc) is 2.57. The Bertz CT molecular complexity index is 472. The summed E-state index contributed by atoms with van der Waals surface area (Å²) in [6.07, 6.45) is 0.841. The van der Waals surface area contributed by atoms with Gasteiger partial charge in [-0.1, -0.05) is 12.1 Å². The van der Waals surface area contributed by atoms with Crippen molar-refractivity contribution in [3.63, 3.8) is 0 Å². The number of esters is 1. The first-order valence-corrected chi connectivity index (χ1v) is 7.40. The lowest BCUT2D eigenvalue weighted by Gasteiger charge is -2.11. The first-order valence-electron chi connectivity index (χ1n) is 7.40. The Kier molecular flexibility index (Phi) is 8.67. The van der Waals surface area contributed by atoms with Crippen LogP contribution < -0.4 is 10.6 Å². The van der Waals surface area contributed by atoms with Crippen molar-refractivity contribution in [2.24, 2.45) is 4.99 Å². The maximum absolute atomic E-state index is 11.3. The van der Waals surface area contributed by atoms with Crippen molar-refractivity contribution < 1.29 is 14.3 Å². The van der Waals surface area contributed by atoms with E-state index < -0.39 is 0 Å². The molecule has 1 rings (SSSR count). The van der Waals surface area contributed by atoms with Crippen molar-refractivity contribution in [3.05, 3.63) is 35.4 Å². The molecule has 1 aromatic carbocycles. The summed E-state index contributed by atoms with van der Waals surface area (Å²) in [6.45, 7) is 4.83. The Labute approximate surface area is 131 Å². The first-order chi connectivity index (χ1) is 10.7. The molecule has 0 spiro atoms. The molecule has 0 heterocycles. The zero-order valence-electron chi connectivity index (χ0n) is 13.5. The van der Waals surface area contributed by atoms with Gasteiger partial charge in [0, 0.05) is 26.7 Å². The van der Waals surface area contributed by atoms with Crippen molar-refractivity contribution in [3.8, 4) is 0 Å². The molecule has 6 heteroatoms. The molecule has 0 saturated heterocycles. The van der Waals surface area contributed by atoms with E-state index in [2.05, 4.69) is 20.4 Å². The summed E-state index contributed by atoms with van der Waals surface area (Å²) in [6, 6.07) is 7.41. The average molecular weight is 307 g/mol. The van der Waals surface area contributed by atoms with Gasteiger partial charge in [-0.05, 0) is 31.0 Å². The number of carbonyl (C=O) groups excluding carboxylic acids is 1. The molecule has 0 unspecified atom stereocenters. The molecule has 0 saturated carbocycles. The third-order valence-corrected chi connectivity index (χ3v) is 3.05. The monoisotopic (exact) mass is 307 g/mol. The summed E-state index contributed by atoms with van der Waals surface area (Å²) in [4.78, 5) is 15.5. The molecule has 1 aromatic rings. The van der Waals surface area contributed by atoms with Crippen molar-refractivity contribution in [2.75, 3.05) is 40.5 Å². The maximum atomic E-state index is 11.3. The van der Waals surface area contributed by atoms with Gasteiger partial charge in [-0.3, -0.25) is 4.99 Å². The molecule has 0 aliphatic heterocycles. The van der Waals surface area contributed by atoms with Gasteiger partial charge in [0.15, 0.2) is 5.96 Å². The van der Waals surface area contributed by atoms with Gasteiger partial charge in [0.25, 0.3) is 0 Å². The fourth-order valence-corrected chi connectivity index (χ4v) is 1.86. The van der Waals surface area contributed by atoms with Gasteiger partial charge in [0.1, 0.15) is 0 Å². The van der Waals surface area contributed by atoms with Gasteiger partial charge in [-0.15, -0.1) is 0 Å². The predicted octanol–water partition coefficient (Wildman–Crippen LogP) is 1.22. The maximum Gasteiger partial charge on any atom is 0.337 e. The smallest absolute Gasteiger partial charge is 0.337 e. The lowest BCUT2D eigenvalue weighted by molar-refractivity contribution is 0.0600. The highest BCUT2D eigenvalue weighted by atomic mass is 16.5. The van der Waals surface area contributed by atoms with E-state index in [1.54, 1.807) is 19.2 Å². The Hall–Kier alpha value is -2.08. The van der Waals surface area contributed by atoms with Crippen LogP contribution in [-0.4, -0.2) is 52.4 Å². The highest BCUT2D eigenvalue weighted by Gasteiger charge is 2.04. The molecule has 0 atom stereocenters. The molecule has 22 heavy (non-hydrogen) atoms. The number of ether oxygens (including phenoxy) is 2. The summed E-state index contributed by atoms with van der Waals surface area (Å²) in [5.74, 6) is 0.439. The fourth-order valence-electron chi connectivity index (χ4n) is 1.86. The Morgan fingerprint density at radius 1 is 1.18 bits per heavy atom. The van der Waals surface area contributed by atoms with Crippen LogP contribution in [0.4, 0.5) is 0 Å². The topological polar surface area (TPSA) is 72.0 Å². The number of nitrogens with one attached hydrogen (secondary N) is 2. The minimum Gasteiger partial charge on any atom is -0.465 e. The van der Waals surface area contributed by atoms with E-state index in [9.17, 15) is 4.79 Å². The second-order valence-electron chi connectivity index (χ2n) is 4.56. The Morgan fingerprint density at radius 3 is 2.45 bits per heavy atom. The molecule has 0 aromatic heterocycles. The Balaban J connectivity index is 2.31. The van der Waals surface area contributed by atoms with Crippen molar-refractivity contribution in [1.29, 1.82) is 0 Å². The zero-order valence-corrected chi connectivity index (χ0v) is 13.5. The predicted molar refractivity (Wildman–Crippen MR) is 87.3 cm³/mol. The second-order valence-corrected chi connectivity index (χ2v) is 4.56. The molecular formula is C16H25N3O3. The standard InChI is InChI=1S/C16H25N3O3/c1-4-22-12-11-19-16(17-2)18-10-9-13-5-7-14(8-6-13)15(20)21-3/h5-8H,4,9-12H2,1-3H3,(H2,17,18,19). The molecule has 0 aliphatic carbocycles. The molecule has 0 bridgehead atoms. The third-order valence-electron chi connectivity index (χ3n) is 3.05. The largest absolute Gasteiger partial charge is 0.465 e. The van der Waals surface area contributed by atoms with Gasteiger partial charge in [-0.25, -0.2) is 4.79 Å².